The molecule has 0 saturated carbocycles. The Morgan fingerprint density at radius 1 is 1.27 bits per heavy atom. The molecule has 0 aliphatic carbocycles. The van der Waals surface area contributed by atoms with Crippen LogP contribution in [0.3, 0.4) is 0 Å². The molecule has 26 heavy (non-hydrogen) atoms. The first-order valence-corrected chi connectivity index (χ1v) is 9.60. The number of nitrogens with zero attached hydrogens (tertiary/aromatic N) is 2. The van der Waals surface area contributed by atoms with Crippen LogP contribution in [-0.2, 0) is 6.42 Å². The summed E-state index contributed by atoms with van der Waals surface area (Å²) in [7, 11) is 0. The average Bonchev–Trinajstić information content (AvgIpc) is 2.99. The van der Waals surface area contributed by atoms with Gasteiger partial charge in [-0.05, 0) is 69.0 Å². The van der Waals surface area contributed by atoms with E-state index in [-0.39, 0.29) is 5.56 Å². The highest BCUT2D eigenvalue weighted by molar-refractivity contribution is 6.30. The average molecular weight is 371 g/mol. The molecule has 0 spiro atoms. The number of aromatic amines is 1. The molecule has 0 amide bonds. The highest BCUT2D eigenvalue weighted by atomic mass is 35.5. The van der Waals surface area contributed by atoms with Gasteiger partial charge in [0.05, 0.1) is 16.6 Å². The van der Waals surface area contributed by atoms with E-state index >= 15 is 0 Å². The highest BCUT2D eigenvalue weighted by Crippen LogP contribution is 2.22. The zero-order valence-corrected chi connectivity index (χ0v) is 15.6. The second-order valence-electron chi connectivity index (χ2n) is 7.03. The Labute approximate surface area is 157 Å². The molecule has 5 nitrogen and oxygen atoms in total. The molecule has 136 valence electrons. The van der Waals surface area contributed by atoms with Crippen LogP contribution in [0.2, 0.25) is 5.02 Å². The molecule has 6 heteroatoms. The summed E-state index contributed by atoms with van der Waals surface area (Å²) in [6.45, 7) is 3.12. The van der Waals surface area contributed by atoms with E-state index in [1.807, 2.05) is 19.1 Å². The molecule has 1 unspecified atom stereocenters. The van der Waals surface area contributed by atoms with E-state index in [4.69, 9.17) is 11.6 Å². The van der Waals surface area contributed by atoms with Crippen molar-refractivity contribution < 1.29 is 0 Å². The van der Waals surface area contributed by atoms with Crippen molar-refractivity contribution >= 4 is 22.5 Å². The number of fused-ring (bicyclic) bond motifs is 1. The molecule has 0 bridgehead atoms. The zero-order valence-electron chi connectivity index (χ0n) is 14.9. The predicted molar refractivity (Wildman–Crippen MR) is 105 cm³/mol. The van der Waals surface area contributed by atoms with Gasteiger partial charge in [0.15, 0.2) is 0 Å². The molecule has 1 aliphatic rings. The van der Waals surface area contributed by atoms with Gasteiger partial charge in [0.1, 0.15) is 0 Å². The molecule has 1 atom stereocenters. The number of pyridine rings is 1. The van der Waals surface area contributed by atoms with Crippen LogP contribution in [-0.4, -0.2) is 27.4 Å². The number of rotatable bonds is 4. The van der Waals surface area contributed by atoms with Gasteiger partial charge in [0.25, 0.3) is 5.56 Å². The first-order chi connectivity index (χ1) is 12.6. The molecule has 1 aliphatic heterocycles. The van der Waals surface area contributed by atoms with E-state index in [0.717, 1.165) is 41.8 Å². The minimum Gasteiger partial charge on any atom is -0.314 e. The van der Waals surface area contributed by atoms with Crippen molar-refractivity contribution in [1.29, 1.82) is 0 Å². The van der Waals surface area contributed by atoms with E-state index < -0.39 is 0 Å². The topological polar surface area (TPSA) is 62.7 Å². The number of piperidine rings is 1. The molecule has 1 saturated heterocycles. The van der Waals surface area contributed by atoms with Gasteiger partial charge in [0, 0.05) is 23.0 Å². The van der Waals surface area contributed by atoms with Crippen LogP contribution in [0.25, 0.3) is 16.6 Å². The molecule has 0 radical (unpaired) electrons. The van der Waals surface area contributed by atoms with Gasteiger partial charge in [-0.25, -0.2) is 4.68 Å². The van der Waals surface area contributed by atoms with Crippen LogP contribution in [0, 0.1) is 6.92 Å². The number of hydrogen-bond donors (Lipinski definition) is 2. The number of halogens is 1. The summed E-state index contributed by atoms with van der Waals surface area (Å²) >= 11 is 5.97. The predicted octanol–water partition coefficient (Wildman–Crippen LogP) is 3.75. The fourth-order valence-electron chi connectivity index (χ4n) is 3.79. The maximum atomic E-state index is 12.8. The number of H-pyrrole nitrogens is 1. The van der Waals surface area contributed by atoms with Crippen molar-refractivity contribution in [1.82, 2.24) is 20.1 Å². The SMILES string of the molecule is Cc1ncc2c(=O)n(-c3ccc(Cl)cc3)[nH]c2c1CCC1CCCCN1. The van der Waals surface area contributed by atoms with Crippen LogP contribution in [0.1, 0.15) is 36.9 Å². The summed E-state index contributed by atoms with van der Waals surface area (Å²) in [6, 6.07) is 7.81. The van der Waals surface area contributed by atoms with Gasteiger partial charge in [-0.15, -0.1) is 0 Å². The van der Waals surface area contributed by atoms with Crippen LogP contribution < -0.4 is 10.9 Å². The first kappa shape index (κ1) is 17.3. The van der Waals surface area contributed by atoms with Gasteiger partial charge >= 0.3 is 0 Å². The number of hydrogen-bond acceptors (Lipinski definition) is 3. The maximum absolute atomic E-state index is 12.8. The summed E-state index contributed by atoms with van der Waals surface area (Å²) in [5.41, 5.74) is 3.71. The Balaban J connectivity index is 1.71. The normalized spacial score (nSPS) is 17.7. The van der Waals surface area contributed by atoms with Gasteiger partial charge in [-0.2, -0.15) is 0 Å². The first-order valence-electron chi connectivity index (χ1n) is 9.22. The summed E-state index contributed by atoms with van der Waals surface area (Å²) in [6.07, 6.45) is 7.44. The Morgan fingerprint density at radius 3 is 2.81 bits per heavy atom. The lowest BCUT2D eigenvalue weighted by Crippen LogP contribution is -2.34. The number of nitrogens with one attached hydrogen (secondary N) is 2. The van der Waals surface area contributed by atoms with Crippen molar-refractivity contribution in [2.75, 3.05) is 6.54 Å². The second-order valence-corrected chi connectivity index (χ2v) is 7.46. The third kappa shape index (κ3) is 3.29. The van der Waals surface area contributed by atoms with Crippen LogP contribution >= 0.6 is 11.6 Å². The second kappa shape index (κ2) is 7.25. The van der Waals surface area contributed by atoms with Crippen molar-refractivity contribution in [3.05, 3.63) is 57.1 Å². The lowest BCUT2D eigenvalue weighted by Gasteiger charge is -2.23. The van der Waals surface area contributed by atoms with Gasteiger partial charge in [-0.1, -0.05) is 18.0 Å². The number of benzene rings is 1. The fourth-order valence-corrected chi connectivity index (χ4v) is 3.91. The van der Waals surface area contributed by atoms with E-state index in [2.05, 4.69) is 15.4 Å². The Kier molecular flexibility index (Phi) is 4.83. The lowest BCUT2D eigenvalue weighted by molar-refractivity contribution is 0.383. The standard InChI is InChI=1S/C20H23ClN4O/c1-13-17(10-7-15-4-2-3-11-22-15)19-18(12-23-13)20(26)25(24-19)16-8-5-14(21)6-9-16/h5-6,8-9,12,15,22,24H,2-4,7,10-11H2,1H3. The highest BCUT2D eigenvalue weighted by Gasteiger charge is 2.17. The Hall–Kier alpha value is -2.11. The maximum Gasteiger partial charge on any atom is 0.280 e. The van der Waals surface area contributed by atoms with E-state index in [1.165, 1.54) is 19.3 Å². The fraction of sp³-hybridized carbons (Fsp3) is 0.400. The van der Waals surface area contributed by atoms with Crippen LogP contribution in [0.15, 0.2) is 35.3 Å². The molecule has 1 aromatic carbocycles. The summed E-state index contributed by atoms with van der Waals surface area (Å²) in [5.74, 6) is 0. The van der Waals surface area contributed by atoms with Crippen molar-refractivity contribution in [2.45, 2.75) is 45.1 Å². The smallest absolute Gasteiger partial charge is 0.280 e. The summed E-state index contributed by atoms with van der Waals surface area (Å²) < 4.78 is 1.57. The Bertz CT molecular complexity index is 968. The van der Waals surface area contributed by atoms with Gasteiger partial charge in [0.2, 0.25) is 0 Å². The van der Waals surface area contributed by atoms with Gasteiger partial charge < -0.3 is 5.32 Å². The van der Waals surface area contributed by atoms with Crippen molar-refractivity contribution in [3.63, 3.8) is 0 Å². The Morgan fingerprint density at radius 2 is 2.08 bits per heavy atom. The number of aryl methyl sites for hydroxylation is 2. The summed E-state index contributed by atoms with van der Waals surface area (Å²) in [5, 5.41) is 8.18. The monoisotopic (exact) mass is 370 g/mol. The lowest BCUT2D eigenvalue weighted by atomic mass is 9.97. The third-order valence-electron chi connectivity index (χ3n) is 5.29. The molecular weight excluding hydrogens is 348 g/mol. The van der Waals surface area contributed by atoms with Gasteiger partial charge in [-0.3, -0.25) is 14.9 Å². The van der Waals surface area contributed by atoms with Crippen LogP contribution in [0.5, 0.6) is 0 Å². The largest absolute Gasteiger partial charge is 0.314 e. The quantitative estimate of drug-likeness (QED) is 0.735. The molecule has 2 N–H and O–H groups in total. The molecule has 4 rings (SSSR count). The minimum atomic E-state index is -0.0770. The molecule has 1 fully saturated rings. The van der Waals surface area contributed by atoms with E-state index in [0.29, 0.717) is 16.5 Å². The van der Waals surface area contributed by atoms with E-state index in [9.17, 15) is 4.79 Å². The molecule has 3 aromatic rings. The molecule has 2 aromatic heterocycles. The minimum absolute atomic E-state index is 0.0770. The number of aromatic nitrogens is 3. The van der Waals surface area contributed by atoms with E-state index in [1.54, 1.807) is 23.0 Å². The van der Waals surface area contributed by atoms with Crippen molar-refractivity contribution in [2.24, 2.45) is 0 Å². The van der Waals surface area contributed by atoms with Crippen LogP contribution in [0.4, 0.5) is 0 Å². The molecular formula is C20H23ClN4O. The van der Waals surface area contributed by atoms with Crippen molar-refractivity contribution in [3.8, 4) is 5.69 Å². The third-order valence-corrected chi connectivity index (χ3v) is 5.54. The zero-order chi connectivity index (χ0) is 18.1. The summed E-state index contributed by atoms with van der Waals surface area (Å²) in [4.78, 5) is 17.3. The molecule has 3 heterocycles.